The highest BCUT2D eigenvalue weighted by Crippen LogP contribution is 2.27. The molecule has 0 fully saturated rings. The van der Waals surface area contributed by atoms with Crippen LogP contribution < -0.4 is 10.9 Å². The highest BCUT2D eigenvalue weighted by atomic mass is 32.1. The summed E-state index contributed by atoms with van der Waals surface area (Å²) in [6.45, 7) is 0.256. The number of benzene rings is 2. The number of anilines is 1. The van der Waals surface area contributed by atoms with Crippen LogP contribution >= 0.6 is 11.3 Å². The van der Waals surface area contributed by atoms with E-state index in [1.54, 1.807) is 42.7 Å². The van der Waals surface area contributed by atoms with E-state index in [0.29, 0.717) is 26.7 Å². The van der Waals surface area contributed by atoms with Crippen molar-refractivity contribution in [3.8, 4) is 10.8 Å². The summed E-state index contributed by atoms with van der Waals surface area (Å²) in [6, 6.07) is 19.9. The molecule has 0 aliphatic carbocycles. The van der Waals surface area contributed by atoms with Crippen molar-refractivity contribution in [1.29, 1.82) is 0 Å². The molecular formula is C22H15N5O3S. The summed E-state index contributed by atoms with van der Waals surface area (Å²) < 4.78 is 6.62. The Morgan fingerprint density at radius 1 is 0.968 bits per heavy atom. The van der Waals surface area contributed by atoms with E-state index < -0.39 is 5.91 Å². The van der Waals surface area contributed by atoms with Crippen LogP contribution in [-0.4, -0.2) is 25.9 Å². The molecule has 0 aliphatic heterocycles. The molecule has 3 heterocycles. The Labute approximate surface area is 179 Å². The number of aromatic nitrogens is 4. The van der Waals surface area contributed by atoms with Gasteiger partial charge in [0, 0.05) is 5.39 Å². The average Bonchev–Trinajstić information content (AvgIpc) is 3.48. The van der Waals surface area contributed by atoms with Gasteiger partial charge in [0.1, 0.15) is 0 Å². The number of amides is 1. The number of furan rings is 1. The molecule has 31 heavy (non-hydrogen) atoms. The number of nitrogens with zero attached hydrogens (tertiary/aromatic N) is 4. The van der Waals surface area contributed by atoms with Crippen molar-refractivity contribution in [2.45, 2.75) is 6.54 Å². The first-order valence-corrected chi connectivity index (χ1v) is 10.2. The Kier molecular flexibility index (Phi) is 4.85. The third-order valence-electron chi connectivity index (χ3n) is 4.64. The molecule has 5 rings (SSSR count). The lowest BCUT2D eigenvalue weighted by atomic mass is 10.1. The molecule has 2 aromatic carbocycles. The fourth-order valence-corrected chi connectivity index (χ4v) is 3.90. The molecule has 0 saturated heterocycles. The number of nitrogens with one attached hydrogen (secondary N) is 1. The van der Waals surface area contributed by atoms with Gasteiger partial charge in [-0.15, -0.1) is 10.2 Å². The largest absolute Gasteiger partial charge is 0.462 e. The van der Waals surface area contributed by atoms with Gasteiger partial charge in [-0.2, -0.15) is 5.10 Å². The normalized spacial score (nSPS) is 11.0. The maximum atomic E-state index is 13.1. The summed E-state index contributed by atoms with van der Waals surface area (Å²) in [6.07, 6.45) is 1.54. The smallest absolute Gasteiger partial charge is 0.278 e. The van der Waals surface area contributed by atoms with Gasteiger partial charge >= 0.3 is 0 Å². The molecule has 5 aromatic rings. The van der Waals surface area contributed by atoms with Gasteiger partial charge in [0.2, 0.25) is 5.13 Å². The molecule has 152 valence electrons. The van der Waals surface area contributed by atoms with Gasteiger partial charge in [0.05, 0.1) is 18.2 Å². The van der Waals surface area contributed by atoms with E-state index >= 15 is 0 Å². The highest BCUT2D eigenvalue weighted by Gasteiger charge is 2.19. The number of rotatable bonds is 5. The predicted molar refractivity (Wildman–Crippen MR) is 117 cm³/mol. The fourth-order valence-electron chi connectivity index (χ4n) is 3.20. The molecule has 1 amide bonds. The quantitative estimate of drug-likeness (QED) is 0.456. The first-order valence-electron chi connectivity index (χ1n) is 9.41. The molecule has 0 bridgehead atoms. The average molecular weight is 429 g/mol. The summed E-state index contributed by atoms with van der Waals surface area (Å²) in [5.74, 6) is 0.0955. The molecule has 0 aliphatic rings. The second kappa shape index (κ2) is 7.96. The number of carbonyl (C=O) groups excluding carboxylic acids is 1. The van der Waals surface area contributed by atoms with Gasteiger partial charge < -0.3 is 4.42 Å². The zero-order valence-electron chi connectivity index (χ0n) is 16.1. The number of fused-ring (bicyclic) bond motifs is 1. The molecule has 0 spiro atoms. The number of carbonyl (C=O) groups is 1. The van der Waals surface area contributed by atoms with E-state index in [2.05, 4.69) is 20.6 Å². The van der Waals surface area contributed by atoms with E-state index in [1.807, 2.05) is 30.3 Å². The molecule has 3 aromatic heterocycles. The van der Waals surface area contributed by atoms with Crippen LogP contribution in [-0.2, 0) is 6.54 Å². The summed E-state index contributed by atoms with van der Waals surface area (Å²) in [4.78, 5) is 26.0. The zero-order chi connectivity index (χ0) is 21.2. The SMILES string of the molecule is O=C(Nc1nnc(-c2ccco2)s1)c1nn(Cc2ccccc2)c(=O)c2ccccc12. The van der Waals surface area contributed by atoms with Crippen LogP contribution in [0.3, 0.4) is 0 Å². The lowest BCUT2D eigenvalue weighted by molar-refractivity contribution is 0.102. The van der Waals surface area contributed by atoms with Crippen molar-refractivity contribution in [1.82, 2.24) is 20.0 Å². The predicted octanol–water partition coefficient (Wildman–Crippen LogP) is 3.81. The molecule has 0 saturated carbocycles. The van der Waals surface area contributed by atoms with Crippen LogP contribution in [0, 0.1) is 0 Å². The lowest BCUT2D eigenvalue weighted by Crippen LogP contribution is -2.28. The maximum absolute atomic E-state index is 13.1. The third-order valence-corrected chi connectivity index (χ3v) is 5.49. The molecule has 9 heteroatoms. The number of hydrogen-bond donors (Lipinski definition) is 1. The van der Waals surface area contributed by atoms with Gasteiger partial charge in [-0.3, -0.25) is 14.9 Å². The second-order valence-electron chi connectivity index (χ2n) is 6.69. The van der Waals surface area contributed by atoms with Crippen molar-refractivity contribution in [2.75, 3.05) is 5.32 Å². The maximum Gasteiger partial charge on any atom is 0.278 e. The van der Waals surface area contributed by atoms with Crippen LogP contribution in [0.25, 0.3) is 21.5 Å². The Bertz CT molecular complexity index is 1420. The minimum atomic E-state index is -0.472. The van der Waals surface area contributed by atoms with Gasteiger partial charge in [-0.25, -0.2) is 4.68 Å². The van der Waals surface area contributed by atoms with Crippen LogP contribution in [0.2, 0.25) is 0 Å². The second-order valence-corrected chi connectivity index (χ2v) is 7.66. The first-order chi connectivity index (χ1) is 15.2. The van der Waals surface area contributed by atoms with Crippen molar-refractivity contribution in [3.63, 3.8) is 0 Å². The van der Waals surface area contributed by atoms with E-state index in [4.69, 9.17) is 4.42 Å². The summed E-state index contributed by atoms with van der Waals surface area (Å²) in [7, 11) is 0. The molecule has 8 nitrogen and oxygen atoms in total. The van der Waals surface area contributed by atoms with Crippen molar-refractivity contribution >= 4 is 33.1 Å². The van der Waals surface area contributed by atoms with E-state index in [9.17, 15) is 9.59 Å². The van der Waals surface area contributed by atoms with Gasteiger partial charge in [-0.1, -0.05) is 59.9 Å². The molecule has 1 N–H and O–H groups in total. The molecule has 0 atom stereocenters. The van der Waals surface area contributed by atoms with Crippen LogP contribution in [0.5, 0.6) is 0 Å². The topological polar surface area (TPSA) is 103 Å². The van der Waals surface area contributed by atoms with Crippen molar-refractivity contribution < 1.29 is 9.21 Å². The fraction of sp³-hybridized carbons (Fsp3) is 0.0455. The monoisotopic (exact) mass is 429 g/mol. The molecule has 0 unspecified atom stereocenters. The van der Waals surface area contributed by atoms with Gasteiger partial charge in [0.25, 0.3) is 11.5 Å². The lowest BCUT2D eigenvalue weighted by Gasteiger charge is -2.10. The Balaban J connectivity index is 1.52. The van der Waals surface area contributed by atoms with Crippen molar-refractivity contribution in [2.24, 2.45) is 0 Å². The minimum Gasteiger partial charge on any atom is -0.462 e. The van der Waals surface area contributed by atoms with E-state index in [0.717, 1.165) is 5.56 Å². The Hall–Kier alpha value is -4.11. The summed E-state index contributed by atoms with van der Waals surface area (Å²) in [5, 5.41) is 16.9. The van der Waals surface area contributed by atoms with Crippen LogP contribution in [0.1, 0.15) is 16.1 Å². The van der Waals surface area contributed by atoms with Gasteiger partial charge in [0.15, 0.2) is 16.5 Å². The highest BCUT2D eigenvalue weighted by molar-refractivity contribution is 7.18. The van der Waals surface area contributed by atoms with Gasteiger partial charge in [-0.05, 0) is 23.8 Å². The standard InChI is InChI=1S/C22H15N5O3S/c28-19(23-22-25-24-20(31-22)17-11-6-12-30-17)18-15-9-4-5-10-16(15)21(29)27(26-18)13-14-7-2-1-3-8-14/h1-12H,13H2,(H,23,25,28). The summed E-state index contributed by atoms with van der Waals surface area (Å²) in [5.41, 5.74) is 0.791. The molecular weight excluding hydrogens is 414 g/mol. The molecule has 0 radical (unpaired) electrons. The zero-order valence-corrected chi connectivity index (χ0v) is 16.9. The van der Waals surface area contributed by atoms with E-state index in [1.165, 1.54) is 16.0 Å². The first kappa shape index (κ1) is 18.9. The minimum absolute atomic E-state index is 0.140. The van der Waals surface area contributed by atoms with Crippen LogP contribution in [0.15, 0.2) is 82.2 Å². The van der Waals surface area contributed by atoms with Crippen LogP contribution in [0.4, 0.5) is 5.13 Å². The Morgan fingerprint density at radius 2 is 1.74 bits per heavy atom. The number of hydrogen-bond acceptors (Lipinski definition) is 7. The Morgan fingerprint density at radius 3 is 2.52 bits per heavy atom. The summed E-state index contributed by atoms with van der Waals surface area (Å²) >= 11 is 1.18. The van der Waals surface area contributed by atoms with E-state index in [-0.39, 0.29) is 17.8 Å². The third kappa shape index (κ3) is 3.74. The van der Waals surface area contributed by atoms with Crippen molar-refractivity contribution in [3.05, 3.63) is 94.6 Å².